The van der Waals surface area contributed by atoms with Gasteiger partial charge in [-0.05, 0) is 17.5 Å². The highest BCUT2D eigenvalue weighted by molar-refractivity contribution is 6.54. The first-order valence-electron chi connectivity index (χ1n) is 10.3. The summed E-state index contributed by atoms with van der Waals surface area (Å²) in [5.74, 6) is -0.946. The van der Waals surface area contributed by atoms with Crippen LogP contribution in [0.5, 0.6) is 0 Å². The number of nitrogens with zero attached hydrogens (tertiary/aromatic N) is 5. The Bertz CT molecular complexity index is 1280. The molecule has 3 aromatic heterocycles. The van der Waals surface area contributed by atoms with E-state index in [9.17, 15) is 13.9 Å². The second kappa shape index (κ2) is 8.51. The van der Waals surface area contributed by atoms with Crippen molar-refractivity contribution in [3.63, 3.8) is 0 Å². The Labute approximate surface area is 192 Å². The summed E-state index contributed by atoms with van der Waals surface area (Å²) < 4.78 is 35.3. The van der Waals surface area contributed by atoms with E-state index in [1.807, 2.05) is 0 Å². The van der Waals surface area contributed by atoms with Gasteiger partial charge in [-0.25, -0.2) is 18.7 Å². The van der Waals surface area contributed by atoms with Gasteiger partial charge in [0.1, 0.15) is 54.9 Å². The van der Waals surface area contributed by atoms with Gasteiger partial charge in [0, 0.05) is 17.0 Å². The van der Waals surface area contributed by atoms with Crippen molar-refractivity contribution in [2.75, 3.05) is 5.32 Å². The van der Waals surface area contributed by atoms with E-state index in [4.69, 9.17) is 4.52 Å². The maximum Gasteiger partial charge on any atom is 0.183 e. The van der Waals surface area contributed by atoms with Crippen LogP contribution in [-0.2, 0) is 6.54 Å². The lowest BCUT2D eigenvalue weighted by Gasteiger charge is -2.39. The number of aliphatic hydroxyl groups is 1. The van der Waals surface area contributed by atoms with E-state index < -0.39 is 16.6 Å². The Morgan fingerprint density at radius 2 is 1.82 bits per heavy atom. The summed E-state index contributed by atoms with van der Waals surface area (Å²) in [6, 6.07) is 9.73. The van der Waals surface area contributed by atoms with Crippen molar-refractivity contribution in [2.24, 2.45) is 0 Å². The summed E-state index contributed by atoms with van der Waals surface area (Å²) >= 11 is 0. The molecule has 0 unspecified atom stereocenters. The van der Waals surface area contributed by atoms with Crippen molar-refractivity contribution in [3.8, 4) is 22.9 Å². The maximum atomic E-state index is 14.5. The Kier molecular flexibility index (Phi) is 5.87. The topological polar surface area (TPSA) is 102 Å². The van der Waals surface area contributed by atoms with Gasteiger partial charge >= 0.3 is 0 Å². The second-order valence-electron chi connectivity index (χ2n) is 8.75. The predicted octanol–water partition coefficient (Wildman–Crippen LogP) is -1.43. The Morgan fingerprint density at radius 3 is 2.48 bits per heavy atom. The van der Waals surface area contributed by atoms with E-state index in [1.54, 1.807) is 66.4 Å². The number of benzene rings is 1. The average molecular weight is 446 g/mol. The smallest absolute Gasteiger partial charge is 0.183 e. The molecule has 0 radical (unpaired) electrons. The highest BCUT2D eigenvalue weighted by atomic mass is 19.1. The molecule has 4 aromatic rings. The number of rotatable bonds is 7. The summed E-state index contributed by atoms with van der Waals surface area (Å²) in [6.07, 6.45) is 2.46. The molecule has 3 heterocycles. The quantitative estimate of drug-likeness (QED) is 0.336. The van der Waals surface area contributed by atoms with E-state index in [1.165, 1.54) is 12.3 Å². The summed E-state index contributed by atoms with van der Waals surface area (Å²) in [4.78, 5) is 8.38. The SMILES string of the molecule is BC(B)(O)C(B)(B)Nc1nc(-c2cc(-c3ccon3)n(Cc3ccccc3F)n2)ncc1F. The van der Waals surface area contributed by atoms with Crippen LogP contribution < -0.4 is 5.32 Å². The molecular formula is C19H20B4F2N6O2. The van der Waals surface area contributed by atoms with Crippen LogP contribution in [0.3, 0.4) is 0 Å². The van der Waals surface area contributed by atoms with Crippen LogP contribution in [-0.4, -0.2) is 72.1 Å². The lowest BCUT2D eigenvalue weighted by atomic mass is 9.40. The number of anilines is 1. The fourth-order valence-electron chi connectivity index (χ4n) is 3.01. The van der Waals surface area contributed by atoms with Crippen molar-refractivity contribution < 1.29 is 18.4 Å². The van der Waals surface area contributed by atoms with Crippen LogP contribution >= 0.6 is 0 Å². The molecule has 0 spiro atoms. The molecular weight excluding hydrogens is 425 g/mol. The minimum Gasteiger partial charge on any atom is -0.407 e. The first-order valence-corrected chi connectivity index (χ1v) is 10.3. The first kappa shape index (κ1) is 22.8. The van der Waals surface area contributed by atoms with Crippen molar-refractivity contribution in [1.82, 2.24) is 24.9 Å². The molecule has 33 heavy (non-hydrogen) atoms. The lowest BCUT2D eigenvalue weighted by Crippen LogP contribution is -2.61. The normalized spacial score (nSPS) is 12.1. The minimum absolute atomic E-state index is 0.0706. The summed E-state index contributed by atoms with van der Waals surface area (Å²) in [7, 11) is 6.71. The maximum absolute atomic E-state index is 14.5. The standard InChI is InChI=1S/C19H20B4F2N6O2/c20-18(21,19(22,23)32)28-16-12(25)8-26-17(27-16)14-7-15(13-5-6-33-30-13)31(29-14)9-10-3-1-2-4-11(10)24/h1-8,32H,9,20-23H2,(H,26,27,28). The molecule has 8 nitrogen and oxygen atoms in total. The number of nitrogens with one attached hydrogen (secondary N) is 1. The second-order valence-corrected chi connectivity index (χ2v) is 8.75. The molecule has 0 aliphatic rings. The highest BCUT2D eigenvalue weighted by Gasteiger charge is 2.35. The van der Waals surface area contributed by atoms with Gasteiger partial charge in [-0.2, -0.15) is 5.10 Å². The third-order valence-corrected chi connectivity index (χ3v) is 5.69. The molecule has 14 heteroatoms. The van der Waals surface area contributed by atoms with Gasteiger partial charge in [-0.1, -0.05) is 23.4 Å². The van der Waals surface area contributed by atoms with Gasteiger partial charge in [0.2, 0.25) is 0 Å². The van der Waals surface area contributed by atoms with Crippen molar-refractivity contribution >= 4 is 37.2 Å². The fourth-order valence-corrected chi connectivity index (χ4v) is 3.01. The zero-order chi connectivity index (χ0) is 23.8. The van der Waals surface area contributed by atoms with Crippen LogP contribution in [0.15, 0.2) is 53.4 Å². The van der Waals surface area contributed by atoms with E-state index in [-0.39, 0.29) is 24.0 Å². The molecule has 0 aliphatic carbocycles. The van der Waals surface area contributed by atoms with Gasteiger partial charge in [0.15, 0.2) is 17.5 Å². The molecule has 1 aromatic carbocycles. The van der Waals surface area contributed by atoms with Crippen LogP contribution in [0, 0.1) is 11.6 Å². The molecule has 0 saturated heterocycles. The molecule has 0 saturated carbocycles. The molecule has 0 bridgehead atoms. The third kappa shape index (κ3) is 4.70. The number of aromatic nitrogens is 5. The molecule has 0 aliphatic heterocycles. The largest absolute Gasteiger partial charge is 0.407 e. The molecule has 4 rings (SSSR count). The van der Waals surface area contributed by atoms with E-state index in [0.29, 0.717) is 22.6 Å². The van der Waals surface area contributed by atoms with Gasteiger partial charge in [0.25, 0.3) is 0 Å². The van der Waals surface area contributed by atoms with Crippen LogP contribution in [0.25, 0.3) is 22.9 Å². The molecule has 0 amide bonds. The van der Waals surface area contributed by atoms with Crippen LogP contribution in [0.4, 0.5) is 14.6 Å². The van der Waals surface area contributed by atoms with Gasteiger partial charge in [-0.15, -0.1) is 0 Å². The molecule has 2 N–H and O–H groups in total. The van der Waals surface area contributed by atoms with Crippen molar-refractivity contribution in [3.05, 3.63) is 66.1 Å². The highest BCUT2D eigenvalue weighted by Crippen LogP contribution is 2.27. The molecule has 0 fully saturated rings. The van der Waals surface area contributed by atoms with E-state index in [0.717, 1.165) is 6.20 Å². The zero-order valence-corrected chi connectivity index (χ0v) is 18.7. The predicted molar refractivity (Wildman–Crippen MR) is 130 cm³/mol. The summed E-state index contributed by atoms with van der Waals surface area (Å²) in [5, 5.41) is 19.8. The zero-order valence-electron chi connectivity index (χ0n) is 18.7. The van der Waals surface area contributed by atoms with Crippen molar-refractivity contribution in [1.29, 1.82) is 0 Å². The van der Waals surface area contributed by atoms with Gasteiger partial charge in [-0.3, -0.25) is 4.68 Å². The molecule has 164 valence electrons. The summed E-state index contributed by atoms with van der Waals surface area (Å²) in [5.41, 5.74) is 1.83. The van der Waals surface area contributed by atoms with Gasteiger partial charge < -0.3 is 14.9 Å². The van der Waals surface area contributed by atoms with E-state index >= 15 is 0 Å². The number of hydrogen-bond acceptors (Lipinski definition) is 7. The summed E-state index contributed by atoms with van der Waals surface area (Å²) in [6.45, 7) is 0.132. The van der Waals surface area contributed by atoms with Crippen molar-refractivity contribution in [2.45, 2.75) is 17.3 Å². The third-order valence-electron chi connectivity index (χ3n) is 5.69. The Morgan fingerprint density at radius 1 is 1.06 bits per heavy atom. The van der Waals surface area contributed by atoms with E-state index in [2.05, 4.69) is 25.5 Å². The van der Waals surface area contributed by atoms with Crippen LogP contribution in [0.2, 0.25) is 0 Å². The number of hydrogen-bond donors (Lipinski definition) is 2. The Hall–Kier alpha value is -3.40. The molecule has 0 atom stereocenters. The average Bonchev–Trinajstić information content (AvgIpc) is 3.40. The fraction of sp³-hybridized carbons (Fsp3) is 0.158. The minimum atomic E-state index is -1.16. The first-order chi connectivity index (χ1) is 15.5. The number of halogens is 2. The lowest BCUT2D eigenvalue weighted by molar-refractivity contribution is 0.201. The van der Waals surface area contributed by atoms with Gasteiger partial charge in [0.05, 0.1) is 18.4 Å². The monoisotopic (exact) mass is 446 g/mol. The Balaban J connectivity index is 1.75. The van der Waals surface area contributed by atoms with Crippen LogP contribution in [0.1, 0.15) is 5.56 Å².